The Kier molecular flexibility index (Phi) is 5.89. The predicted octanol–water partition coefficient (Wildman–Crippen LogP) is 1.29. The average molecular weight is 473 g/mol. The number of nitro groups is 1. The standard InChI is InChI=1S/C17H19IN2O6/c1-9-12(16(23)26-3)13(10-5-4-6-11(7-10)20(24)25)14(15(21)22)17(2,8-18)19-9/h4-7,13-14,19H,8H2,1-3H3,(H,21,22)/p-1. The van der Waals surface area contributed by atoms with Crippen LogP contribution in [0.3, 0.4) is 0 Å². The van der Waals surface area contributed by atoms with E-state index in [1.165, 1.54) is 25.3 Å². The molecule has 0 saturated heterocycles. The topological polar surface area (TPSA) is 122 Å². The summed E-state index contributed by atoms with van der Waals surface area (Å²) >= 11 is 2.06. The molecular formula is C17H18IN2O6-. The Labute approximate surface area is 163 Å². The number of halogens is 1. The average Bonchev–Trinajstić information content (AvgIpc) is 2.60. The zero-order valence-corrected chi connectivity index (χ0v) is 16.6. The van der Waals surface area contributed by atoms with Crippen molar-refractivity contribution >= 4 is 40.2 Å². The van der Waals surface area contributed by atoms with E-state index in [0.29, 0.717) is 15.7 Å². The van der Waals surface area contributed by atoms with Crippen LogP contribution in [0.4, 0.5) is 5.69 Å². The van der Waals surface area contributed by atoms with Crippen molar-refractivity contribution in [1.29, 1.82) is 0 Å². The molecule has 0 radical (unpaired) electrons. The molecule has 140 valence electrons. The third-order valence-corrected chi connectivity index (χ3v) is 6.17. The van der Waals surface area contributed by atoms with Crippen LogP contribution in [0.15, 0.2) is 35.5 Å². The fourth-order valence-corrected chi connectivity index (χ4v) is 4.10. The third-order valence-electron chi connectivity index (χ3n) is 4.58. The molecule has 1 aliphatic rings. The lowest BCUT2D eigenvalue weighted by Crippen LogP contribution is -2.61. The van der Waals surface area contributed by atoms with Gasteiger partial charge in [-0.05, 0) is 19.4 Å². The molecule has 0 aromatic heterocycles. The summed E-state index contributed by atoms with van der Waals surface area (Å²) in [6.45, 7) is 3.38. The summed E-state index contributed by atoms with van der Waals surface area (Å²) in [5.74, 6) is -4.09. The highest BCUT2D eigenvalue weighted by Gasteiger charge is 2.48. The van der Waals surface area contributed by atoms with Gasteiger partial charge in [-0.2, -0.15) is 0 Å². The lowest BCUT2D eigenvalue weighted by atomic mass is 9.68. The molecular weight excluding hydrogens is 455 g/mol. The van der Waals surface area contributed by atoms with Crippen molar-refractivity contribution in [2.75, 3.05) is 11.5 Å². The van der Waals surface area contributed by atoms with Gasteiger partial charge in [0.05, 0.1) is 23.1 Å². The first-order chi connectivity index (χ1) is 12.2. The SMILES string of the molecule is COC(=O)C1=C(C)NC(C)(CI)C(C(=O)[O-])C1c1cccc([N+](=O)[O-])c1. The number of aliphatic carboxylic acids is 1. The van der Waals surface area contributed by atoms with Crippen molar-refractivity contribution < 1.29 is 24.4 Å². The van der Waals surface area contributed by atoms with Gasteiger partial charge in [0.2, 0.25) is 0 Å². The molecule has 26 heavy (non-hydrogen) atoms. The molecule has 1 aliphatic heterocycles. The van der Waals surface area contributed by atoms with Crippen molar-refractivity contribution in [2.45, 2.75) is 25.3 Å². The van der Waals surface area contributed by atoms with E-state index in [1.807, 2.05) is 0 Å². The van der Waals surface area contributed by atoms with Crippen LogP contribution < -0.4 is 10.4 Å². The maximum Gasteiger partial charge on any atom is 0.336 e. The van der Waals surface area contributed by atoms with Gasteiger partial charge < -0.3 is 20.0 Å². The molecule has 9 heteroatoms. The largest absolute Gasteiger partial charge is 0.550 e. The van der Waals surface area contributed by atoms with Gasteiger partial charge in [0, 0.05) is 40.1 Å². The molecule has 0 fully saturated rings. The number of nitrogens with one attached hydrogen (secondary N) is 1. The van der Waals surface area contributed by atoms with Gasteiger partial charge >= 0.3 is 5.97 Å². The van der Waals surface area contributed by atoms with E-state index in [4.69, 9.17) is 4.74 Å². The number of nitro benzene ring substituents is 1. The van der Waals surface area contributed by atoms with Crippen molar-refractivity contribution in [3.63, 3.8) is 0 Å². The number of benzene rings is 1. The molecule has 0 bridgehead atoms. The van der Waals surface area contributed by atoms with Crippen molar-refractivity contribution in [2.24, 2.45) is 5.92 Å². The molecule has 3 unspecified atom stereocenters. The fourth-order valence-electron chi connectivity index (χ4n) is 3.43. The highest BCUT2D eigenvalue weighted by molar-refractivity contribution is 14.1. The first kappa shape index (κ1) is 20.1. The van der Waals surface area contributed by atoms with Crippen molar-refractivity contribution in [1.82, 2.24) is 5.32 Å². The predicted molar refractivity (Wildman–Crippen MR) is 99.5 cm³/mol. The Balaban J connectivity index is 2.77. The number of hydrogen-bond donors (Lipinski definition) is 1. The van der Waals surface area contributed by atoms with E-state index in [2.05, 4.69) is 27.9 Å². The summed E-state index contributed by atoms with van der Waals surface area (Å²) in [6, 6.07) is 5.64. The number of carboxylic acids is 1. The second-order valence-corrected chi connectivity index (χ2v) is 7.10. The van der Waals surface area contributed by atoms with Crippen LogP contribution in [-0.4, -0.2) is 33.9 Å². The van der Waals surface area contributed by atoms with Crippen molar-refractivity contribution in [3.8, 4) is 0 Å². The Bertz CT molecular complexity index is 793. The summed E-state index contributed by atoms with van der Waals surface area (Å²) in [4.78, 5) is 35.0. The Morgan fingerprint density at radius 2 is 2.08 bits per heavy atom. The molecule has 0 aliphatic carbocycles. The summed E-state index contributed by atoms with van der Waals surface area (Å²) in [6.07, 6.45) is 0. The van der Waals surface area contributed by atoms with Crippen LogP contribution in [-0.2, 0) is 14.3 Å². The van der Waals surface area contributed by atoms with Gasteiger partial charge in [-0.1, -0.05) is 34.7 Å². The highest BCUT2D eigenvalue weighted by Crippen LogP contribution is 2.44. The van der Waals surface area contributed by atoms with Crippen LogP contribution in [0.1, 0.15) is 25.3 Å². The van der Waals surface area contributed by atoms with E-state index >= 15 is 0 Å². The van der Waals surface area contributed by atoms with Gasteiger partial charge in [0.15, 0.2) is 0 Å². The van der Waals surface area contributed by atoms with Gasteiger partial charge in [-0.3, -0.25) is 10.1 Å². The molecule has 3 atom stereocenters. The fraction of sp³-hybridized carbons (Fsp3) is 0.412. The van der Waals surface area contributed by atoms with Crippen LogP contribution in [0.2, 0.25) is 0 Å². The molecule has 0 spiro atoms. The number of esters is 1. The number of methoxy groups -OCH3 is 1. The minimum absolute atomic E-state index is 0.129. The Morgan fingerprint density at radius 3 is 2.58 bits per heavy atom. The minimum atomic E-state index is -1.35. The number of carboxylic acid groups (broad SMARTS) is 1. The number of rotatable bonds is 5. The van der Waals surface area contributed by atoms with Gasteiger partial charge in [-0.25, -0.2) is 4.79 Å². The minimum Gasteiger partial charge on any atom is -0.550 e. The molecule has 0 saturated carbocycles. The van der Waals surface area contributed by atoms with Crippen molar-refractivity contribution in [3.05, 3.63) is 51.2 Å². The second-order valence-electron chi connectivity index (χ2n) is 6.33. The van der Waals surface area contributed by atoms with Crippen LogP contribution in [0, 0.1) is 16.0 Å². The van der Waals surface area contributed by atoms with E-state index in [9.17, 15) is 24.8 Å². The number of hydrogen-bond acceptors (Lipinski definition) is 7. The zero-order valence-electron chi connectivity index (χ0n) is 14.4. The number of carbonyl (C=O) groups is 2. The normalized spacial score (nSPS) is 25.4. The van der Waals surface area contributed by atoms with E-state index in [0.717, 1.165) is 0 Å². The summed E-state index contributed by atoms with van der Waals surface area (Å²) in [5, 5.41) is 26.3. The van der Waals surface area contributed by atoms with Gasteiger partial charge in [0.1, 0.15) is 0 Å². The van der Waals surface area contributed by atoms with Crippen LogP contribution in [0.25, 0.3) is 0 Å². The summed E-state index contributed by atoms with van der Waals surface area (Å²) in [7, 11) is 1.20. The lowest BCUT2D eigenvalue weighted by Gasteiger charge is -2.47. The molecule has 1 aromatic carbocycles. The van der Waals surface area contributed by atoms with E-state index in [1.54, 1.807) is 19.9 Å². The second kappa shape index (κ2) is 7.60. The molecule has 1 heterocycles. The van der Waals surface area contributed by atoms with Gasteiger partial charge in [0.25, 0.3) is 5.69 Å². The first-order valence-electron chi connectivity index (χ1n) is 7.74. The van der Waals surface area contributed by atoms with E-state index in [-0.39, 0.29) is 11.3 Å². The molecule has 1 N–H and O–H groups in total. The maximum atomic E-state index is 12.4. The third kappa shape index (κ3) is 3.53. The van der Waals surface area contributed by atoms with Gasteiger partial charge in [-0.15, -0.1) is 0 Å². The quantitative estimate of drug-likeness (QED) is 0.225. The number of nitrogens with zero attached hydrogens (tertiary/aromatic N) is 1. The first-order valence-corrected chi connectivity index (χ1v) is 9.27. The number of ether oxygens (including phenoxy) is 1. The summed E-state index contributed by atoms with van der Waals surface area (Å²) in [5.41, 5.74) is -0.132. The maximum absolute atomic E-state index is 12.4. The Morgan fingerprint density at radius 1 is 1.42 bits per heavy atom. The molecule has 1 aromatic rings. The van der Waals surface area contributed by atoms with E-state index < -0.39 is 34.2 Å². The Hall–Kier alpha value is -2.17. The number of alkyl halides is 1. The van der Waals surface area contributed by atoms with Crippen LogP contribution >= 0.6 is 22.6 Å². The highest BCUT2D eigenvalue weighted by atomic mass is 127. The molecule has 2 rings (SSSR count). The lowest BCUT2D eigenvalue weighted by molar-refractivity contribution is -0.385. The number of carbonyl (C=O) groups excluding carboxylic acids is 2. The smallest absolute Gasteiger partial charge is 0.336 e. The zero-order chi connectivity index (χ0) is 19.6. The number of non-ortho nitro benzene ring substituents is 1. The monoisotopic (exact) mass is 473 g/mol. The summed E-state index contributed by atoms with van der Waals surface area (Å²) < 4.78 is 5.25. The molecule has 8 nitrogen and oxygen atoms in total. The number of allylic oxidation sites excluding steroid dienone is 1. The molecule has 0 amide bonds. The van der Waals surface area contributed by atoms with Crippen LogP contribution in [0.5, 0.6) is 0 Å².